The number of piperidine rings is 2. The van der Waals surface area contributed by atoms with E-state index in [4.69, 9.17) is 15.6 Å². The van der Waals surface area contributed by atoms with Gasteiger partial charge in [-0.1, -0.05) is 36.8 Å². The van der Waals surface area contributed by atoms with Crippen molar-refractivity contribution in [2.75, 3.05) is 32.7 Å². The highest BCUT2D eigenvalue weighted by atomic mass is 16.5. The molecule has 0 aliphatic carbocycles. The van der Waals surface area contributed by atoms with Crippen LogP contribution in [0.15, 0.2) is 42.5 Å². The third kappa shape index (κ3) is 9.33. The lowest BCUT2D eigenvalue weighted by Crippen LogP contribution is -2.47. The van der Waals surface area contributed by atoms with Gasteiger partial charge in [0.05, 0.1) is 11.8 Å². The third-order valence-electron chi connectivity index (χ3n) is 9.74. The van der Waals surface area contributed by atoms with Crippen LogP contribution >= 0.6 is 0 Å². The molecule has 2 aliphatic heterocycles. The minimum atomic E-state index is -0.366. The summed E-state index contributed by atoms with van der Waals surface area (Å²) in [5.74, 6) is 0.624. The van der Waals surface area contributed by atoms with Crippen LogP contribution in [0.1, 0.15) is 93.9 Å². The first kappa shape index (κ1) is 33.1. The summed E-state index contributed by atoms with van der Waals surface area (Å²) in [6.07, 6.45) is 10.9. The van der Waals surface area contributed by atoms with Crippen molar-refractivity contribution in [2.24, 2.45) is 0 Å². The number of Topliss-reactive ketones (excluding diaryl/α,β-unsaturated/α-hetero) is 1. The Morgan fingerprint density at radius 1 is 1.00 bits per heavy atom. The van der Waals surface area contributed by atoms with Gasteiger partial charge < -0.3 is 25.4 Å². The highest BCUT2D eigenvalue weighted by molar-refractivity contribution is 6.39. The van der Waals surface area contributed by atoms with Gasteiger partial charge in [0, 0.05) is 24.3 Å². The molecular formula is C37H54N4O2. The third-order valence-corrected chi connectivity index (χ3v) is 9.74. The molecule has 0 amide bonds. The first-order valence-corrected chi connectivity index (χ1v) is 16.6. The Kier molecular flexibility index (Phi) is 12.1. The van der Waals surface area contributed by atoms with E-state index < -0.39 is 0 Å². The van der Waals surface area contributed by atoms with Crippen molar-refractivity contribution < 1.29 is 9.53 Å². The van der Waals surface area contributed by atoms with Gasteiger partial charge in [-0.05, 0) is 146 Å². The van der Waals surface area contributed by atoms with Crippen LogP contribution in [0, 0.1) is 24.7 Å². The Morgan fingerprint density at radius 3 is 2.42 bits per heavy atom. The van der Waals surface area contributed by atoms with Crippen LogP contribution in [-0.2, 0) is 16.6 Å². The highest BCUT2D eigenvalue weighted by Gasteiger charge is 2.36. The van der Waals surface area contributed by atoms with Crippen LogP contribution in [0.3, 0.4) is 0 Å². The second kappa shape index (κ2) is 15.8. The number of ether oxygens (including phenoxy) is 1. The number of nitrogens with zero attached hydrogens (tertiary/aromatic N) is 2. The molecule has 2 N–H and O–H groups in total. The number of aryl methyl sites for hydroxylation is 2. The maximum Gasteiger partial charge on any atom is 0.180 e. The molecule has 0 spiro atoms. The predicted molar refractivity (Wildman–Crippen MR) is 178 cm³/mol. The Hall–Kier alpha value is -2.83. The molecule has 0 saturated carbocycles. The molecule has 2 heterocycles. The standard InChI is InChI=1S/C37H54N4O2/c1-28(2)43-34-11-8-10-31(25-34)26-36(42)35(39)27-37(16-9-18-38,32-13-12-29(3)30(4)24-32)17-23-40-21-14-33(15-22-40)41-19-6-5-7-20-41/h8,10-13,18,24-25,28,33,38-39H,5-7,9,14-17,19-23,26-27H2,1-4H3/t37-/m0/s1. The zero-order valence-electron chi connectivity index (χ0n) is 27.1. The van der Waals surface area contributed by atoms with Gasteiger partial charge in [0.15, 0.2) is 5.78 Å². The van der Waals surface area contributed by atoms with Gasteiger partial charge in [0.2, 0.25) is 0 Å². The van der Waals surface area contributed by atoms with Crippen molar-refractivity contribution >= 4 is 17.7 Å². The van der Waals surface area contributed by atoms with Crippen LogP contribution in [0.2, 0.25) is 0 Å². The van der Waals surface area contributed by atoms with Crippen molar-refractivity contribution in [1.29, 1.82) is 10.8 Å². The SMILES string of the molecule is Cc1ccc([C@@](CCC=N)(CCN2CCC(N3CCCCC3)CC2)CC(=N)C(=O)Cc2cccc(OC(C)C)c2)cc1C. The van der Waals surface area contributed by atoms with E-state index in [0.29, 0.717) is 18.9 Å². The van der Waals surface area contributed by atoms with Crippen LogP contribution in [0.4, 0.5) is 0 Å². The molecule has 0 radical (unpaired) electrons. The first-order valence-electron chi connectivity index (χ1n) is 16.6. The van der Waals surface area contributed by atoms with Gasteiger partial charge in [0.25, 0.3) is 0 Å². The van der Waals surface area contributed by atoms with Crippen LogP contribution in [-0.4, -0.2) is 72.4 Å². The van der Waals surface area contributed by atoms with Crippen LogP contribution in [0.5, 0.6) is 5.75 Å². The number of likely N-dealkylation sites (tertiary alicyclic amines) is 2. The monoisotopic (exact) mass is 586 g/mol. The smallest absolute Gasteiger partial charge is 0.180 e. The summed E-state index contributed by atoms with van der Waals surface area (Å²) in [7, 11) is 0. The van der Waals surface area contributed by atoms with Gasteiger partial charge in [-0.2, -0.15) is 0 Å². The van der Waals surface area contributed by atoms with E-state index in [-0.39, 0.29) is 29.4 Å². The zero-order valence-corrected chi connectivity index (χ0v) is 27.1. The molecule has 2 aliphatic rings. The zero-order chi connectivity index (χ0) is 30.8. The van der Waals surface area contributed by atoms with E-state index in [1.165, 1.54) is 68.1 Å². The van der Waals surface area contributed by atoms with E-state index in [1.807, 2.05) is 38.1 Å². The molecule has 2 aromatic carbocycles. The largest absolute Gasteiger partial charge is 0.491 e. The van der Waals surface area contributed by atoms with Gasteiger partial charge >= 0.3 is 0 Å². The molecule has 2 aromatic rings. The fourth-order valence-electron chi connectivity index (χ4n) is 7.01. The summed E-state index contributed by atoms with van der Waals surface area (Å²) in [5, 5.41) is 16.9. The summed E-state index contributed by atoms with van der Waals surface area (Å²) in [6.45, 7) is 14.0. The fourth-order valence-corrected chi connectivity index (χ4v) is 7.01. The summed E-state index contributed by atoms with van der Waals surface area (Å²) in [4.78, 5) is 18.8. The maximum atomic E-state index is 13.5. The van der Waals surface area contributed by atoms with Crippen molar-refractivity contribution in [3.05, 3.63) is 64.7 Å². The van der Waals surface area contributed by atoms with Crippen molar-refractivity contribution in [1.82, 2.24) is 9.80 Å². The van der Waals surface area contributed by atoms with E-state index in [0.717, 1.165) is 43.8 Å². The second-order valence-corrected chi connectivity index (χ2v) is 13.3. The number of carbonyl (C=O) groups is 1. The molecule has 43 heavy (non-hydrogen) atoms. The topological polar surface area (TPSA) is 80.5 Å². The lowest BCUT2D eigenvalue weighted by atomic mass is 9.69. The van der Waals surface area contributed by atoms with Gasteiger partial charge in [0.1, 0.15) is 5.75 Å². The Bertz CT molecular complexity index is 1230. The molecule has 6 heteroatoms. The van der Waals surface area contributed by atoms with Crippen molar-refractivity contribution in [3.8, 4) is 5.75 Å². The van der Waals surface area contributed by atoms with Gasteiger partial charge in [-0.3, -0.25) is 4.79 Å². The second-order valence-electron chi connectivity index (χ2n) is 13.3. The molecule has 234 valence electrons. The average Bonchev–Trinajstić information content (AvgIpc) is 3.00. The summed E-state index contributed by atoms with van der Waals surface area (Å²) >= 11 is 0. The first-order chi connectivity index (χ1) is 20.7. The van der Waals surface area contributed by atoms with Gasteiger partial charge in [-0.25, -0.2) is 0 Å². The maximum absolute atomic E-state index is 13.5. The summed E-state index contributed by atoms with van der Waals surface area (Å²) in [6, 6.07) is 15.1. The Morgan fingerprint density at radius 2 is 1.74 bits per heavy atom. The average molecular weight is 587 g/mol. The highest BCUT2D eigenvalue weighted by Crippen LogP contribution is 2.39. The van der Waals surface area contributed by atoms with E-state index in [9.17, 15) is 4.79 Å². The lowest BCUT2D eigenvalue weighted by molar-refractivity contribution is -0.112. The number of hydrogen-bond donors (Lipinski definition) is 2. The molecule has 6 nitrogen and oxygen atoms in total. The quantitative estimate of drug-likeness (QED) is 0.214. The molecule has 2 fully saturated rings. The van der Waals surface area contributed by atoms with E-state index >= 15 is 0 Å². The number of ketones is 1. The number of benzene rings is 2. The Balaban J connectivity index is 1.50. The van der Waals surface area contributed by atoms with E-state index in [2.05, 4.69) is 41.8 Å². The molecule has 0 aromatic heterocycles. The molecular weight excluding hydrogens is 532 g/mol. The number of carbonyl (C=O) groups excluding carboxylic acids is 1. The minimum Gasteiger partial charge on any atom is -0.491 e. The minimum absolute atomic E-state index is 0.0622. The summed E-state index contributed by atoms with van der Waals surface area (Å²) < 4.78 is 5.84. The fraction of sp³-hybridized carbons (Fsp3) is 0.595. The number of nitrogens with one attached hydrogen (secondary N) is 2. The summed E-state index contributed by atoms with van der Waals surface area (Å²) in [5.41, 5.74) is 4.38. The molecule has 1 atom stereocenters. The van der Waals surface area contributed by atoms with Crippen LogP contribution in [0.25, 0.3) is 0 Å². The molecule has 0 unspecified atom stereocenters. The van der Waals surface area contributed by atoms with Gasteiger partial charge in [-0.15, -0.1) is 0 Å². The lowest BCUT2D eigenvalue weighted by Gasteiger charge is -2.42. The van der Waals surface area contributed by atoms with E-state index in [1.54, 1.807) is 0 Å². The van der Waals surface area contributed by atoms with Crippen molar-refractivity contribution in [3.63, 3.8) is 0 Å². The number of rotatable bonds is 15. The molecule has 2 saturated heterocycles. The Labute approximate surface area is 260 Å². The predicted octanol–water partition coefficient (Wildman–Crippen LogP) is 7.32. The number of hydrogen-bond acceptors (Lipinski definition) is 6. The normalized spacial score (nSPS) is 18.3. The van der Waals surface area contributed by atoms with Crippen LogP contribution < -0.4 is 4.74 Å². The van der Waals surface area contributed by atoms with Crippen molar-refractivity contribution in [2.45, 2.75) is 109 Å². The molecule has 0 bridgehead atoms. The molecule has 4 rings (SSSR count).